The predicted octanol–water partition coefficient (Wildman–Crippen LogP) is 4.16. The Morgan fingerprint density at radius 3 is 2.25 bits per heavy atom. The van der Waals surface area contributed by atoms with Crippen LogP contribution in [0.5, 0.6) is 0 Å². The minimum Gasteiger partial charge on any atom is -0.314 e. The lowest BCUT2D eigenvalue weighted by Gasteiger charge is -2.36. The highest BCUT2D eigenvalue weighted by molar-refractivity contribution is 6.43. The summed E-state index contributed by atoms with van der Waals surface area (Å²) in [5.74, 6) is 0. The highest BCUT2D eigenvalue weighted by Crippen LogP contribution is 2.43. The molecule has 0 bridgehead atoms. The van der Waals surface area contributed by atoms with Crippen LogP contribution in [0.2, 0.25) is 15.1 Å². The summed E-state index contributed by atoms with van der Waals surface area (Å²) in [6.07, 6.45) is -4.45. The van der Waals surface area contributed by atoms with Crippen molar-refractivity contribution in [3.63, 3.8) is 0 Å². The molecule has 20 heavy (non-hydrogen) atoms. The largest absolute Gasteiger partial charge is 0.408 e. The molecule has 1 aromatic carbocycles. The maximum absolute atomic E-state index is 13.4. The summed E-state index contributed by atoms with van der Waals surface area (Å²) in [6, 6.07) is 0.768. The number of halogens is 6. The molecular weight excluding hydrogens is 335 g/mol. The summed E-state index contributed by atoms with van der Waals surface area (Å²) in [6.45, 7) is 1.56. The average Bonchev–Trinajstić information content (AvgIpc) is 2.35. The average molecular weight is 348 g/mol. The molecule has 1 atom stereocenters. The van der Waals surface area contributed by atoms with Crippen LogP contribution in [0.25, 0.3) is 0 Å². The van der Waals surface area contributed by atoms with Crippen molar-refractivity contribution < 1.29 is 13.2 Å². The topological polar surface area (TPSA) is 15.3 Å². The van der Waals surface area contributed by atoms with Crippen molar-refractivity contribution in [2.75, 3.05) is 26.2 Å². The number of nitrogens with one attached hydrogen (secondary N) is 1. The van der Waals surface area contributed by atoms with E-state index in [-0.39, 0.29) is 33.7 Å². The van der Waals surface area contributed by atoms with Gasteiger partial charge in [0.15, 0.2) is 0 Å². The second-order valence-electron chi connectivity index (χ2n) is 4.52. The highest BCUT2D eigenvalue weighted by Gasteiger charge is 2.46. The molecule has 0 unspecified atom stereocenters. The zero-order chi connectivity index (χ0) is 14.9. The van der Waals surface area contributed by atoms with E-state index in [1.165, 1.54) is 17.0 Å². The Labute approximate surface area is 129 Å². The quantitative estimate of drug-likeness (QED) is 0.808. The lowest BCUT2D eigenvalue weighted by atomic mass is 10.0. The van der Waals surface area contributed by atoms with Crippen LogP contribution in [0.15, 0.2) is 12.1 Å². The van der Waals surface area contributed by atoms with Crippen molar-refractivity contribution in [3.8, 4) is 0 Å². The normalized spacial score (nSPS) is 19.1. The maximum atomic E-state index is 13.4. The molecule has 1 heterocycles. The van der Waals surface area contributed by atoms with Gasteiger partial charge in [0.1, 0.15) is 6.04 Å². The lowest BCUT2D eigenvalue weighted by Crippen LogP contribution is -2.49. The van der Waals surface area contributed by atoms with Crippen LogP contribution in [0.3, 0.4) is 0 Å². The van der Waals surface area contributed by atoms with Gasteiger partial charge in [-0.1, -0.05) is 34.8 Å². The molecule has 1 aliphatic heterocycles. The summed E-state index contributed by atoms with van der Waals surface area (Å²) in [5, 5.41) is 3.08. The van der Waals surface area contributed by atoms with Crippen LogP contribution in [-0.4, -0.2) is 37.3 Å². The maximum Gasteiger partial charge on any atom is 0.408 e. The fraction of sp³-hybridized carbons (Fsp3) is 0.500. The van der Waals surface area contributed by atoms with Crippen LogP contribution < -0.4 is 5.32 Å². The second kappa shape index (κ2) is 6.28. The fourth-order valence-corrected chi connectivity index (χ4v) is 3.02. The van der Waals surface area contributed by atoms with Gasteiger partial charge < -0.3 is 5.32 Å². The minimum absolute atomic E-state index is 0.0264. The molecule has 1 fully saturated rings. The van der Waals surface area contributed by atoms with E-state index in [4.69, 9.17) is 34.8 Å². The van der Waals surface area contributed by atoms with Gasteiger partial charge in [-0.05, 0) is 17.7 Å². The third kappa shape index (κ3) is 3.52. The molecule has 112 valence electrons. The Bertz CT molecular complexity index is 488. The molecule has 1 aromatic rings. The summed E-state index contributed by atoms with van der Waals surface area (Å²) in [4.78, 5) is 1.34. The molecule has 2 nitrogen and oxygen atoms in total. The first kappa shape index (κ1) is 16.2. The summed E-state index contributed by atoms with van der Waals surface area (Å²) >= 11 is 17.6. The van der Waals surface area contributed by atoms with Gasteiger partial charge in [0.05, 0.1) is 10.0 Å². The van der Waals surface area contributed by atoms with Crippen LogP contribution in [-0.2, 0) is 0 Å². The van der Waals surface area contributed by atoms with E-state index in [2.05, 4.69) is 5.32 Å². The van der Waals surface area contributed by atoms with Crippen molar-refractivity contribution in [3.05, 3.63) is 32.8 Å². The Hall–Kier alpha value is -0.200. The van der Waals surface area contributed by atoms with E-state index >= 15 is 0 Å². The van der Waals surface area contributed by atoms with Crippen LogP contribution in [0.1, 0.15) is 11.6 Å². The van der Waals surface area contributed by atoms with Crippen molar-refractivity contribution in [2.45, 2.75) is 12.2 Å². The monoisotopic (exact) mass is 346 g/mol. The molecular formula is C12H12Cl3F3N2. The molecule has 2 rings (SSSR count). The molecule has 0 amide bonds. The third-order valence-electron chi connectivity index (χ3n) is 3.14. The number of piperazine rings is 1. The molecule has 1 aliphatic rings. The van der Waals surface area contributed by atoms with Crippen LogP contribution >= 0.6 is 34.8 Å². The van der Waals surface area contributed by atoms with Gasteiger partial charge >= 0.3 is 6.18 Å². The summed E-state index contributed by atoms with van der Waals surface area (Å²) in [7, 11) is 0. The van der Waals surface area contributed by atoms with E-state index in [9.17, 15) is 13.2 Å². The van der Waals surface area contributed by atoms with E-state index in [1.54, 1.807) is 0 Å². The molecule has 8 heteroatoms. The van der Waals surface area contributed by atoms with Crippen molar-refractivity contribution in [1.82, 2.24) is 10.2 Å². The second-order valence-corrected chi connectivity index (χ2v) is 5.74. The molecule has 1 N–H and O–H groups in total. The van der Waals surface area contributed by atoms with Crippen molar-refractivity contribution in [2.24, 2.45) is 0 Å². The van der Waals surface area contributed by atoms with Crippen LogP contribution in [0, 0.1) is 0 Å². The molecule has 1 saturated heterocycles. The van der Waals surface area contributed by atoms with Crippen LogP contribution in [0.4, 0.5) is 13.2 Å². The Kier molecular flexibility index (Phi) is 5.08. The summed E-state index contributed by atoms with van der Waals surface area (Å²) < 4.78 is 40.3. The number of rotatable bonds is 2. The first-order chi connectivity index (χ1) is 9.30. The Morgan fingerprint density at radius 1 is 1.10 bits per heavy atom. The number of hydrogen-bond acceptors (Lipinski definition) is 2. The Morgan fingerprint density at radius 2 is 1.70 bits per heavy atom. The first-order valence-corrected chi connectivity index (χ1v) is 7.10. The van der Waals surface area contributed by atoms with Gasteiger partial charge in [0.25, 0.3) is 0 Å². The number of nitrogens with zero attached hydrogens (tertiary/aromatic N) is 1. The zero-order valence-electron chi connectivity index (χ0n) is 10.3. The standard InChI is InChI=1S/C12H12Cl3F3N2/c13-7-5-8(10(15)9(14)6-7)11(12(16,17)18)20-3-1-19-2-4-20/h5-6,11,19H,1-4H2/t11-/m0/s1. The number of benzene rings is 1. The predicted molar refractivity (Wildman–Crippen MR) is 74.7 cm³/mol. The van der Waals surface area contributed by atoms with Gasteiger partial charge in [0, 0.05) is 31.2 Å². The molecule has 0 radical (unpaired) electrons. The van der Waals surface area contributed by atoms with Crippen molar-refractivity contribution >= 4 is 34.8 Å². The number of alkyl halides is 3. The van der Waals surface area contributed by atoms with E-state index in [1.807, 2.05) is 0 Å². The molecule has 0 aromatic heterocycles. The molecule has 0 saturated carbocycles. The summed E-state index contributed by atoms with van der Waals surface area (Å²) in [5.41, 5.74) is -0.0985. The highest BCUT2D eigenvalue weighted by atomic mass is 35.5. The van der Waals surface area contributed by atoms with E-state index in [0.717, 1.165) is 0 Å². The number of hydrogen-bond donors (Lipinski definition) is 1. The lowest BCUT2D eigenvalue weighted by molar-refractivity contribution is -0.187. The third-order valence-corrected chi connectivity index (χ3v) is 4.18. The van der Waals surface area contributed by atoms with Gasteiger partial charge in [-0.25, -0.2) is 0 Å². The minimum atomic E-state index is -4.45. The smallest absolute Gasteiger partial charge is 0.314 e. The SMILES string of the molecule is FC(F)(F)[C@H](c1cc(Cl)cc(Cl)c1Cl)N1CCNCC1. The first-order valence-electron chi connectivity index (χ1n) is 5.96. The fourth-order valence-electron chi connectivity index (χ4n) is 2.30. The van der Waals surface area contributed by atoms with Gasteiger partial charge in [-0.15, -0.1) is 0 Å². The molecule has 0 spiro atoms. The van der Waals surface area contributed by atoms with E-state index < -0.39 is 12.2 Å². The van der Waals surface area contributed by atoms with Crippen molar-refractivity contribution in [1.29, 1.82) is 0 Å². The van der Waals surface area contributed by atoms with Gasteiger partial charge in [-0.2, -0.15) is 13.2 Å². The van der Waals surface area contributed by atoms with Gasteiger partial charge in [-0.3, -0.25) is 4.90 Å². The zero-order valence-corrected chi connectivity index (χ0v) is 12.5. The Balaban J connectivity index is 2.46. The van der Waals surface area contributed by atoms with E-state index in [0.29, 0.717) is 13.1 Å². The van der Waals surface area contributed by atoms with Gasteiger partial charge in [0.2, 0.25) is 0 Å². The molecule has 0 aliphatic carbocycles.